The molecular formula is C24H44N2O3. The van der Waals surface area contributed by atoms with Crippen LogP contribution in [0.15, 0.2) is 24.3 Å². The number of anilines is 1. The number of nitrogens with one attached hydrogen (secondary N) is 2. The van der Waals surface area contributed by atoms with E-state index in [4.69, 9.17) is 14.2 Å². The van der Waals surface area contributed by atoms with Crippen LogP contribution in [0.5, 0.6) is 5.75 Å². The van der Waals surface area contributed by atoms with Crippen molar-refractivity contribution in [2.24, 2.45) is 0 Å². The zero-order valence-corrected chi connectivity index (χ0v) is 19.2. The van der Waals surface area contributed by atoms with Crippen molar-refractivity contribution >= 4 is 5.69 Å². The quantitative estimate of drug-likeness (QED) is 0.306. The standard InChI is InChI=1S/C24H44N2O3/c1-5-9-22(10-6-2)26-23-11-13-24(14-12-23)29-20-19-28-18-17-27-16-15-25-21(7-3)8-4/h11-14,21-22,25-26H,5-10,15-20H2,1-4H3. The van der Waals surface area contributed by atoms with Gasteiger partial charge in [0.25, 0.3) is 0 Å². The molecule has 5 heteroatoms. The molecule has 1 aromatic rings. The topological polar surface area (TPSA) is 51.8 Å². The van der Waals surface area contributed by atoms with E-state index in [1.807, 2.05) is 12.1 Å². The van der Waals surface area contributed by atoms with Gasteiger partial charge in [0, 0.05) is 24.3 Å². The summed E-state index contributed by atoms with van der Waals surface area (Å²) in [6.45, 7) is 12.9. The van der Waals surface area contributed by atoms with Crippen LogP contribution < -0.4 is 15.4 Å². The third-order valence-electron chi connectivity index (χ3n) is 5.03. The first kappa shape index (κ1) is 25.7. The van der Waals surface area contributed by atoms with Gasteiger partial charge in [-0.15, -0.1) is 0 Å². The Morgan fingerprint density at radius 3 is 1.90 bits per heavy atom. The van der Waals surface area contributed by atoms with Gasteiger partial charge in [-0.1, -0.05) is 40.5 Å². The highest BCUT2D eigenvalue weighted by Gasteiger charge is 2.06. The maximum absolute atomic E-state index is 5.75. The summed E-state index contributed by atoms with van der Waals surface area (Å²) in [5, 5.41) is 7.11. The molecule has 0 fully saturated rings. The SMILES string of the molecule is CCCC(CCC)Nc1ccc(OCCOCCOCCNC(CC)CC)cc1. The monoisotopic (exact) mass is 408 g/mol. The average molecular weight is 409 g/mol. The van der Waals surface area contributed by atoms with Gasteiger partial charge in [0.15, 0.2) is 0 Å². The number of ether oxygens (including phenoxy) is 3. The molecule has 29 heavy (non-hydrogen) atoms. The van der Waals surface area contributed by atoms with Gasteiger partial charge in [0.2, 0.25) is 0 Å². The maximum atomic E-state index is 5.75. The van der Waals surface area contributed by atoms with Crippen molar-refractivity contribution in [1.29, 1.82) is 0 Å². The van der Waals surface area contributed by atoms with Gasteiger partial charge in [-0.3, -0.25) is 0 Å². The first-order valence-electron chi connectivity index (χ1n) is 11.6. The number of hydrogen-bond acceptors (Lipinski definition) is 5. The van der Waals surface area contributed by atoms with Gasteiger partial charge in [0.05, 0.1) is 26.4 Å². The Morgan fingerprint density at radius 2 is 1.31 bits per heavy atom. The molecule has 0 unspecified atom stereocenters. The van der Waals surface area contributed by atoms with E-state index < -0.39 is 0 Å². The van der Waals surface area contributed by atoms with Gasteiger partial charge < -0.3 is 24.8 Å². The predicted molar refractivity (Wildman–Crippen MR) is 123 cm³/mol. The van der Waals surface area contributed by atoms with E-state index in [9.17, 15) is 0 Å². The van der Waals surface area contributed by atoms with Crippen LogP contribution >= 0.6 is 0 Å². The molecule has 0 atom stereocenters. The van der Waals surface area contributed by atoms with E-state index in [0.717, 1.165) is 37.4 Å². The Hall–Kier alpha value is -1.30. The molecule has 0 spiro atoms. The van der Waals surface area contributed by atoms with Crippen LogP contribution in [0.4, 0.5) is 5.69 Å². The fourth-order valence-electron chi connectivity index (χ4n) is 3.32. The maximum Gasteiger partial charge on any atom is 0.119 e. The number of hydrogen-bond donors (Lipinski definition) is 2. The van der Waals surface area contributed by atoms with Crippen LogP contribution in [0.3, 0.4) is 0 Å². The summed E-state index contributed by atoms with van der Waals surface area (Å²) < 4.78 is 16.9. The fourth-order valence-corrected chi connectivity index (χ4v) is 3.32. The average Bonchev–Trinajstić information content (AvgIpc) is 2.74. The largest absolute Gasteiger partial charge is 0.491 e. The van der Waals surface area contributed by atoms with Crippen LogP contribution in [0, 0.1) is 0 Å². The van der Waals surface area contributed by atoms with E-state index in [2.05, 4.69) is 50.5 Å². The van der Waals surface area contributed by atoms with Crippen LogP contribution in [-0.2, 0) is 9.47 Å². The predicted octanol–water partition coefficient (Wildman–Crippen LogP) is 5.26. The highest BCUT2D eigenvalue weighted by molar-refractivity contribution is 5.47. The molecular weight excluding hydrogens is 364 g/mol. The van der Waals surface area contributed by atoms with Crippen LogP contribution in [0.25, 0.3) is 0 Å². The first-order valence-corrected chi connectivity index (χ1v) is 11.6. The Kier molecular flexibility index (Phi) is 15.6. The van der Waals surface area contributed by atoms with E-state index >= 15 is 0 Å². The molecule has 0 aliphatic heterocycles. The van der Waals surface area contributed by atoms with Crippen molar-refractivity contribution in [2.45, 2.75) is 78.3 Å². The van der Waals surface area contributed by atoms with Crippen LogP contribution in [-0.4, -0.2) is 51.7 Å². The summed E-state index contributed by atoms with van der Waals surface area (Å²) in [4.78, 5) is 0. The molecule has 0 heterocycles. The normalized spacial score (nSPS) is 11.4. The molecule has 0 aliphatic rings. The molecule has 0 bridgehead atoms. The summed E-state index contributed by atoms with van der Waals surface area (Å²) in [6, 6.07) is 9.39. The smallest absolute Gasteiger partial charge is 0.119 e. The van der Waals surface area contributed by atoms with E-state index in [1.54, 1.807) is 0 Å². The summed E-state index contributed by atoms with van der Waals surface area (Å²) >= 11 is 0. The molecule has 168 valence electrons. The third kappa shape index (κ3) is 12.8. The lowest BCUT2D eigenvalue weighted by atomic mass is 10.1. The molecule has 0 amide bonds. The highest BCUT2D eigenvalue weighted by Crippen LogP contribution is 2.18. The lowest BCUT2D eigenvalue weighted by Gasteiger charge is -2.19. The fraction of sp³-hybridized carbons (Fsp3) is 0.750. The Morgan fingerprint density at radius 1 is 0.724 bits per heavy atom. The second kappa shape index (κ2) is 17.5. The summed E-state index contributed by atoms with van der Waals surface area (Å²) in [7, 11) is 0. The molecule has 1 aromatic carbocycles. The minimum absolute atomic E-state index is 0.553. The second-order valence-electron chi connectivity index (χ2n) is 7.48. The van der Waals surface area contributed by atoms with Crippen molar-refractivity contribution in [3.8, 4) is 5.75 Å². The van der Waals surface area contributed by atoms with Crippen molar-refractivity contribution in [3.63, 3.8) is 0 Å². The minimum Gasteiger partial charge on any atom is -0.491 e. The lowest BCUT2D eigenvalue weighted by molar-refractivity contribution is 0.0367. The van der Waals surface area contributed by atoms with E-state index in [-0.39, 0.29) is 0 Å². The molecule has 1 rings (SSSR count). The molecule has 0 aromatic heterocycles. The molecule has 0 saturated heterocycles. The van der Waals surface area contributed by atoms with Crippen molar-refractivity contribution in [3.05, 3.63) is 24.3 Å². The zero-order chi connectivity index (χ0) is 21.2. The summed E-state index contributed by atoms with van der Waals surface area (Å²) in [5.74, 6) is 0.880. The lowest BCUT2D eigenvalue weighted by Crippen LogP contribution is -2.31. The van der Waals surface area contributed by atoms with Gasteiger partial charge in [-0.2, -0.15) is 0 Å². The molecule has 2 N–H and O–H groups in total. The van der Waals surface area contributed by atoms with Crippen molar-refractivity contribution in [1.82, 2.24) is 5.32 Å². The Labute approximate surface area is 178 Å². The first-order chi connectivity index (χ1) is 14.2. The number of rotatable bonds is 19. The van der Waals surface area contributed by atoms with E-state index in [0.29, 0.717) is 38.5 Å². The minimum atomic E-state index is 0.553. The molecule has 0 aliphatic carbocycles. The highest BCUT2D eigenvalue weighted by atomic mass is 16.5. The molecule has 0 saturated carbocycles. The van der Waals surface area contributed by atoms with Gasteiger partial charge in [0.1, 0.15) is 12.4 Å². The Balaban J connectivity index is 2.06. The molecule has 5 nitrogen and oxygen atoms in total. The van der Waals surface area contributed by atoms with Crippen molar-refractivity contribution in [2.75, 3.05) is 44.9 Å². The number of benzene rings is 1. The van der Waals surface area contributed by atoms with Gasteiger partial charge in [-0.25, -0.2) is 0 Å². The van der Waals surface area contributed by atoms with Crippen LogP contribution in [0.1, 0.15) is 66.2 Å². The van der Waals surface area contributed by atoms with Crippen LogP contribution in [0.2, 0.25) is 0 Å². The Bertz CT molecular complexity index is 472. The third-order valence-corrected chi connectivity index (χ3v) is 5.03. The summed E-state index contributed by atoms with van der Waals surface area (Å²) in [5.41, 5.74) is 1.16. The second-order valence-corrected chi connectivity index (χ2v) is 7.48. The molecule has 0 radical (unpaired) electrons. The van der Waals surface area contributed by atoms with Gasteiger partial charge in [-0.05, 0) is 49.9 Å². The van der Waals surface area contributed by atoms with E-state index in [1.165, 1.54) is 25.7 Å². The zero-order valence-electron chi connectivity index (χ0n) is 19.2. The summed E-state index contributed by atoms with van der Waals surface area (Å²) in [6.07, 6.45) is 7.16. The van der Waals surface area contributed by atoms with Crippen molar-refractivity contribution < 1.29 is 14.2 Å². The van der Waals surface area contributed by atoms with Gasteiger partial charge >= 0.3 is 0 Å².